The first-order chi connectivity index (χ1) is 14.0. The van der Waals surface area contributed by atoms with E-state index in [4.69, 9.17) is 0 Å². The molecule has 2 amide bonds. The second-order valence-corrected chi connectivity index (χ2v) is 7.70. The van der Waals surface area contributed by atoms with Crippen molar-refractivity contribution in [3.63, 3.8) is 0 Å². The van der Waals surface area contributed by atoms with Crippen LogP contribution >= 0.6 is 0 Å². The number of aromatic nitrogens is 2. The number of nitrogens with one attached hydrogen (secondary N) is 3. The van der Waals surface area contributed by atoms with Crippen LogP contribution in [0.5, 0.6) is 0 Å². The van der Waals surface area contributed by atoms with Gasteiger partial charge in [0.05, 0.1) is 11.5 Å². The van der Waals surface area contributed by atoms with Gasteiger partial charge in [-0.05, 0) is 31.7 Å². The number of amides is 2. The number of nitrogens with zero attached hydrogens (tertiary/aromatic N) is 2. The zero-order valence-electron chi connectivity index (χ0n) is 16.4. The van der Waals surface area contributed by atoms with Gasteiger partial charge >= 0.3 is 0 Å². The van der Waals surface area contributed by atoms with Gasteiger partial charge in [-0.15, -0.1) is 0 Å². The summed E-state index contributed by atoms with van der Waals surface area (Å²) >= 11 is 0. The van der Waals surface area contributed by atoms with Gasteiger partial charge in [0, 0.05) is 25.6 Å². The quantitative estimate of drug-likeness (QED) is 0.733. The molecule has 3 heterocycles. The summed E-state index contributed by atoms with van der Waals surface area (Å²) < 4.78 is 0. The van der Waals surface area contributed by atoms with Gasteiger partial charge in [-0.1, -0.05) is 30.3 Å². The van der Waals surface area contributed by atoms with E-state index >= 15 is 0 Å². The van der Waals surface area contributed by atoms with E-state index in [9.17, 15) is 14.4 Å². The van der Waals surface area contributed by atoms with E-state index in [1.807, 2.05) is 30.3 Å². The monoisotopic (exact) mass is 395 g/mol. The highest BCUT2D eigenvalue weighted by Gasteiger charge is 2.35. The van der Waals surface area contributed by atoms with Crippen molar-refractivity contribution < 1.29 is 9.59 Å². The highest BCUT2D eigenvalue weighted by molar-refractivity contribution is 6.00. The third-order valence-electron chi connectivity index (χ3n) is 5.64. The van der Waals surface area contributed by atoms with Crippen molar-refractivity contribution in [2.75, 3.05) is 16.8 Å². The highest BCUT2D eigenvalue weighted by Crippen LogP contribution is 2.30. The Morgan fingerprint density at radius 1 is 1.24 bits per heavy atom. The Bertz CT molecular complexity index is 972. The van der Waals surface area contributed by atoms with Crippen LogP contribution in [0.25, 0.3) is 0 Å². The number of carbonyl (C=O) groups is 2. The van der Waals surface area contributed by atoms with Crippen LogP contribution in [0.15, 0.2) is 35.1 Å². The van der Waals surface area contributed by atoms with E-state index < -0.39 is 5.92 Å². The number of carbonyl (C=O) groups excluding carboxylic acids is 2. The molecule has 0 saturated carbocycles. The molecule has 8 nitrogen and oxygen atoms in total. The molecule has 2 aliphatic rings. The van der Waals surface area contributed by atoms with Crippen LogP contribution in [0, 0.1) is 0 Å². The van der Waals surface area contributed by atoms with Crippen molar-refractivity contribution in [1.29, 1.82) is 0 Å². The van der Waals surface area contributed by atoms with Crippen LogP contribution in [0.1, 0.15) is 49.7 Å². The van der Waals surface area contributed by atoms with Crippen LogP contribution in [0.3, 0.4) is 0 Å². The molecule has 0 radical (unpaired) electrons. The van der Waals surface area contributed by atoms with E-state index in [0.29, 0.717) is 12.5 Å². The van der Waals surface area contributed by atoms with Gasteiger partial charge in [-0.3, -0.25) is 19.4 Å². The van der Waals surface area contributed by atoms with Crippen LogP contribution in [-0.2, 0) is 16.1 Å². The molecule has 4 rings (SSSR count). The topological polar surface area (TPSA) is 107 Å². The number of aromatic amines is 1. The number of fused-ring (bicyclic) bond motifs is 1. The molecule has 8 heteroatoms. The van der Waals surface area contributed by atoms with Crippen LogP contribution in [0.2, 0.25) is 0 Å². The molecule has 2 aromatic rings. The minimum atomic E-state index is -0.855. The van der Waals surface area contributed by atoms with E-state index in [-0.39, 0.29) is 41.2 Å². The lowest BCUT2D eigenvalue weighted by Gasteiger charge is -2.34. The number of hydrogen-bond donors (Lipinski definition) is 3. The van der Waals surface area contributed by atoms with E-state index in [1.165, 1.54) is 0 Å². The molecule has 29 heavy (non-hydrogen) atoms. The molecule has 1 saturated heterocycles. The van der Waals surface area contributed by atoms with Crippen LogP contribution in [-0.4, -0.2) is 34.4 Å². The summed E-state index contributed by atoms with van der Waals surface area (Å²) in [6, 6.07) is 9.75. The number of benzene rings is 1. The maximum absolute atomic E-state index is 12.9. The molecule has 1 aromatic carbocycles. The second-order valence-electron chi connectivity index (χ2n) is 7.70. The average molecular weight is 395 g/mol. The van der Waals surface area contributed by atoms with Crippen molar-refractivity contribution in [3.05, 3.63) is 51.8 Å². The summed E-state index contributed by atoms with van der Waals surface area (Å²) in [7, 11) is 0. The van der Waals surface area contributed by atoms with Gasteiger partial charge in [0.1, 0.15) is 5.82 Å². The Balaban J connectivity index is 1.60. The molecule has 0 unspecified atom stereocenters. The van der Waals surface area contributed by atoms with Gasteiger partial charge in [0.2, 0.25) is 17.8 Å². The lowest BCUT2D eigenvalue weighted by Crippen LogP contribution is -2.42. The Morgan fingerprint density at radius 2 is 2.03 bits per heavy atom. The molecule has 0 aliphatic carbocycles. The van der Waals surface area contributed by atoms with E-state index in [1.54, 1.807) is 0 Å². The standard InChI is InChI=1S/C21H25N5O3/c1-13-7-5-6-10-26(13)21-24-18-17(20(29)25-21)15(11-16(27)23-18)19(28)22-12-14-8-3-2-4-9-14/h2-4,8-9,13,15H,5-7,10-12H2,1H3,(H,22,28)(H2,23,24,25,27,29)/t13-,15+/m0/s1. The third-order valence-corrected chi connectivity index (χ3v) is 5.64. The highest BCUT2D eigenvalue weighted by atomic mass is 16.2. The van der Waals surface area contributed by atoms with Gasteiger partial charge < -0.3 is 15.5 Å². The lowest BCUT2D eigenvalue weighted by atomic mass is 9.92. The summed E-state index contributed by atoms with van der Waals surface area (Å²) in [4.78, 5) is 47.3. The fourth-order valence-electron chi connectivity index (χ4n) is 4.04. The molecule has 152 valence electrons. The number of rotatable bonds is 4. The first-order valence-corrected chi connectivity index (χ1v) is 10.1. The molecule has 1 fully saturated rings. The fourth-order valence-corrected chi connectivity index (χ4v) is 4.04. The van der Waals surface area contributed by atoms with Crippen molar-refractivity contribution >= 4 is 23.6 Å². The molecule has 2 atom stereocenters. The number of hydrogen-bond acceptors (Lipinski definition) is 5. The summed E-state index contributed by atoms with van der Waals surface area (Å²) in [5.41, 5.74) is 0.800. The molecule has 2 aliphatic heterocycles. The molecule has 0 spiro atoms. The smallest absolute Gasteiger partial charge is 0.258 e. The molecule has 0 bridgehead atoms. The van der Waals surface area contributed by atoms with E-state index in [2.05, 4.69) is 32.4 Å². The zero-order valence-corrected chi connectivity index (χ0v) is 16.4. The van der Waals surface area contributed by atoms with Crippen molar-refractivity contribution in [1.82, 2.24) is 15.3 Å². The van der Waals surface area contributed by atoms with Gasteiger partial charge in [0.15, 0.2) is 0 Å². The van der Waals surface area contributed by atoms with Crippen LogP contribution in [0.4, 0.5) is 11.8 Å². The Labute approximate surface area is 168 Å². The van der Waals surface area contributed by atoms with Crippen molar-refractivity contribution in [2.45, 2.75) is 51.1 Å². The van der Waals surface area contributed by atoms with Crippen molar-refractivity contribution in [2.24, 2.45) is 0 Å². The summed E-state index contributed by atoms with van der Waals surface area (Å²) in [5, 5.41) is 5.51. The molecule has 1 aromatic heterocycles. The third kappa shape index (κ3) is 4.01. The maximum atomic E-state index is 12.9. The minimum absolute atomic E-state index is 0.0716. The Hall–Kier alpha value is -3.16. The largest absolute Gasteiger partial charge is 0.351 e. The van der Waals surface area contributed by atoms with Gasteiger partial charge in [0.25, 0.3) is 5.56 Å². The maximum Gasteiger partial charge on any atom is 0.258 e. The van der Waals surface area contributed by atoms with Crippen LogP contribution < -0.4 is 21.1 Å². The zero-order chi connectivity index (χ0) is 20.4. The minimum Gasteiger partial charge on any atom is -0.351 e. The molecule has 3 N–H and O–H groups in total. The first kappa shape index (κ1) is 19.2. The van der Waals surface area contributed by atoms with E-state index in [0.717, 1.165) is 31.4 Å². The first-order valence-electron chi connectivity index (χ1n) is 10.1. The molecular weight excluding hydrogens is 370 g/mol. The number of H-pyrrole nitrogens is 1. The van der Waals surface area contributed by atoms with Gasteiger partial charge in [-0.2, -0.15) is 4.98 Å². The van der Waals surface area contributed by atoms with Crippen molar-refractivity contribution in [3.8, 4) is 0 Å². The predicted octanol–water partition coefficient (Wildman–Crippen LogP) is 1.89. The summed E-state index contributed by atoms with van der Waals surface area (Å²) in [5.74, 6) is -0.875. The predicted molar refractivity (Wildman–Crippen MR) is 110 cm³/mol. The second kappa shape index (κ2) is 8.06. The lowest BCUT2D eigenvalue weighted by molar-refractivity contribution is -0.126. The normalized spacial score (nSPS) is 21.3. The average Bonchev–Trinajstić information content (AvgIpc) is 2.72. The fraction of sp³-hybridized carbons (Fsp3) is 0.429. The summed E-state index contributed by atoms with van der Waals surface area (Å²) in [6.07, 6.45) is 3.13. The number of anilines is 2. The SMILES string of the molecule is C[C@H]1CCCCN1c1nc2c(c(=O)[nH]1)[C@H](C(=O)NCc1ccccc1)CC(=O)N2. The molecular formula is C21H25N5O3. The summed E-state index contributed by atoms with van der Waals surface area (Å²) in [6.45, 7) is 3.23. The number of piperidine rings is 1. The Morgan fingerprint density at radius 3 is 2.79 bits per heavy atom. The Kier molecular flexibility index (Phi) is 5.33. The van der Waals surface area contributed by atoms with Gasteiger partial charge in [-0.25, -0.2) is 0 Å².